The average Bonchev–Trinajstić information content (AvgIpc) is 3.16. The second kappa shape index (κ2) is 8.02. The summed E-state index contributed by atoms with van der Waals surface area (Å²) in [6, 6.07) is 16.8. The Hall–Kier alpha value is -3.87. The predicted molar refractivity (Wildman–Crippen MR) is 107 cm³/mol. The van der Waals surface area contributed by atoms with Gasteiger partial charge in [0, 0.05) is 11.3 Å². The number of hydrogen-bond donors (Lipinski definition) is 0. The highest BCUT2D eigenvalue weighted by molar-refractivity contribution is 5.91. The Balaban J connectivity index is 1.57. The Labute approximate surface area is 168 Å². The number of nitrogens with zero attached hydrogens (tertiary/aromatic N) is 4. The molecule has 0 saturated heterocycles. The summed E-state index contributed by atoms with van der Waals surface area (Å²) in [5.41, 5.74) is 2.10. The molecule has 0 aliphatic rings. The standard InChI is InChI=1S/C22H20N4O3/c1-25-11-12-26(15-25)24-22(27)17-8-10-20(28-2)21(13-17)29-14-18-9-7-16-5-3-4-6-19(16)23-18/h3-13,15H,14H2,1-2H3. The van der Waals surface area contributed by atoms with Gasteiger partial charge >= 0.3 is 0 Å². The fraction of sp³-hybridized carbons (Fsp3) is 0.136. The zero-order valence-electron chi connectivity index (χ0n) is 16.1. The van der Waals surface area contributed by atoms with E-state index in [1.54, 1.807) is 48.6 Å². The Morgan fingerprint density at radius 1 is 1.14 bits per heavy atom. The van der Waals surface area contributed by atoms with Gasteiger partial charge in [0.25, 0.3) is 6.33 Å². The summed E-state index contributed by atoms with van der Waals surface area (Å²) in [4.78, 5) is 4.60. The molecule has 0 spiro atoms. The Kier molecular flexibility index (Phi) is 5.11. The summed E-state index contributed by atoms with van der Waals surface area (Å²) in [5, 5.41) is 17.6. The number of pyridine rings is 1. The number of aryl methyl sites for hydroxylation is 1. The predicted octanol–water partition coefficient (Wildman–Crippen LogP) is 2.02. The van der Waals surface area contributed by atoms with Crippen molar-refractivity contribution in [2.75, 3.05) is 7.11 Å². The van der Waals surface area contributed by atoms with Crippen molar-refractivity contribution in [1.29, 1.82) is 0 Å². The number of methoxy groups -OCH3 is 1. The zero-order chi connectivity index (χ0) is 20.2. The maximum Gasteiger partial charge on any atom is 0.269 e. The second-order valence-electron chi connectivity index (χ2n) is 6.51. The average molecular weight is 388 g/mol. The van der Waals surface area contributed by atoms with Crippen molar-refractivity contribution in [1.82, 2.24) is 9.66 Å². The molecule has 0 atom stereocenters. The lowest BCUT2D eigenvalue weighted by Gasteiger charge is -2.14. The summed E-state index contributed by atoms with van der Waals surface area (Å²) in [7, 11) is 3.42. The zero-order valence-corrected chi connectivity index (χ0v) is 16.1. The molecular formula is C22H20N4O3. The molecule has 0 aliphatic heterocycles. The normalized spacial score (nSPS) is 11.6. The first-order chi connectivity index (χ1) is 14.1. The molecule has 0 aliphatic carbocycles. The van der Waals surface area contributed by atoms with Gasteiger partial charge in [-0.2, -0.15) is 0 Å². The fourth-order valence-corrected chi connectivity index (χ4v) is 2.92. The van der Waals surface area contributed by atoms with Gasteiger partial charge in [-0.05, 0) is 35.9 Å². The molecule has 4 aromatic rings. The number of benzene rings is 2. The Morgan fingerprint density at radius 2 is 2.00 bits per heavy atom. The molecule has 29 heavy (non-hydrogen) atoms. The van der Waals surface area contributed by atoms with Crippen molar-refractivity contribution in [2.24, 2.45) is 12.1 Å². The second-order valence-corrected chi connectivity index (χ2v) is 6.51. The molecule has 0 fully saturated rings. The van der Waals surface area contributed by atoms with Gasteiger partial charge < -0.3 is 14.6 Å². The lowest BCUT2D eigenvalue weighted by Crippen LogP contribution is -2.24. The van der Waals surface area contributed by atoms with Gasteiger partial charge in [0.15, 0.2) is 17.7 Å². The third kappa shape index (κ3) is 4.19. The Bertz CT molecular complexity index is 1180. The minimum atomic E-state index is -0.377. The first-order valence-electron chi connectivity index (χ1n) is 9.07. The van der Waals surface area contributed by atoms with Crippen molar-refractivity contribution >= 4 is 16.8 Å². The van der Waals surface area contributed by atoms with Crippen molar-refractivity contribution in [2.45, 2.75) is 6.61 Å². The van der Waals surface area contributed by atoms with E-state index >= 15 is 0 Å². The van der Waals surface area contributed by atoms with Gasteiger partial charge in [-0.1, -0.05) is 29.4 Å². The largest absolute Gasteiger partial charge is 0.856 e. The van der Waals surface area contributed by atoms with E-state index in [2.05, 4.69) is 10.1 Å². The van der Waals surface area contributed by atoms with Crippen molar-refractivity contribution < 1.29 is 19.1 Å². The number of para-hydroxylation sites is 1. The third-order valence-corrected chi connectivity index (χ3v) is 4.40. The van der Waals surface area contributed by atoms with Gasteiger partial charge in [0.1, 0.15) is 12.8 Å². The van der Waals surface area contributed by atoms with Crippen LogP contribution in [0.5, 0.6) is 11.5 Å². The SMILES string of the molecule is COc1ccc(/C([O-])=N/n2cc[n+](C)c2)cc1OCc1ccc2ccccc2n1. The van der Waals surface area contributed by atoms with Crippen LogP contribution in [-0.4, -0.2) is 22.7 Å². The molecule has 7 nitrogen and oxygen atoms in total. The summed E-state index contributed by atoms with van der Waals surface area (Å²) in [6.45, 7) is 0.253. The van der Waals surface area contributed by atoms with Crippen LogP contribution in [0.25, 0.3) is 10.9 Å². The molecule has 0 radical (unpaired) electrons. The first-order valence-corrected chi connectivity index (χ1v) is 9.07. The van der Waals surface area contributed by atoms with Crippen LogP contribution in [0.3, 0.4) is 0 Å². The third-order valence-electron chi connectivity index (χ3n) is 4.40. The lowest BCUT2D eigenvalue weighted by atomic mass is 10.2. The smallest absolute Gasteiger partial charge is 0.269 e. The number of imidazole rings is 1. The molecule has 146 valence electrons. The van der Waals surface area contributed by atoms with E-state index in [-0.39, 0.29) is 12.5 Å². The van der Waals surface area contributed by atoms with Crippen molar-refractivity contribution in [3.8, 4) is 11.5 Å². The van der Waals surface area contributed by atoms with Crippen molar-refractivity contribution in [3.05, 3.63) is 84.6 Å². The van der Waals surface area contributed by atoms with Crippen LogP contribution in [-0.2, 0) is 13.7 Å². The number of aromatic nitrogens is 3. The fourth-order valence-electron chi connectivity index (χ4n) is 2.92. The van der Waals surface area contributed by atoms with Crippen LogP contribution in [0.4, 0.5) is 0 Å². The van der Waals surface area contributed by atoms with Gasteiger partial charge in [0.05, 0.1) is 25.4 Å². The molecule has 0 unspecified atom stereocenters. The van der Waals surface area contributed by atoms with E-state index in [4.69, 9.17) is 9.47 Å². The summed E-state index contributed by atoms with van der Waals surface area (Å²) in [6.07, 6.45) is 5.20. The molecule has 7 heteroatoms. The van der Waals surface area contributed by atoms with E-state index in [0.717, 1.165) is 16.6 Å². The van der Waals surface area contributed by atoms with Gasteiger partial charge in [-0.3, -0.25) is 0 Å². The first kappa shape index (κ1) is 18.5. The molecular weight excluding hydrogens is 368 g/mol. The molecule has 2 aromatic carbocycles. The van der Waals surface area contributed by atoms with E-state index in [1.807, 2.05) is 43.4 Å². The minimum Gasteiger partial charge on any atom is -0.856 e. The molecule has 2 aromatic heterocycles. The summed E-state index contributed by atoms with van der Waals surface area (Å²) in [5.74, 6) is 0.619. The van der Waals surface area contributed by atoms with Crippen LogP contribution in [0.1, 0.15) is 11.3 Å². The number of fused-ring (bicyclic) bond motifs is 1. The number of rotatable bonds is 6. The lowest BCUT2D eigenvalue weighted by molar-refractivity contribution is -0.671. The van der Waals surface area contributed by atoms with Crippen LogP contribution in [0.2, 0.25) is 0 Å². The minimum absolute atomic E-state index is 0.253. The molecule has 0 bridgehead atoms. The Morgan fingerprint density at radius 3 is 2.79 bits per heavy atom. The summed E-state index contributed by atoms with van der Waals surface area (Å²) < 4.78 is 14.5. The summed E-state index contributed by atoms with van der Waals surface area (Å²) >= 11 is 0. The number of hydrogen-bond acceptors (Lipinski definition) is 5. The maximum absolute atomic E-state index is 12.5. The monoisotopic (exact) mass is 388 g/mol. The molecule has 2 heterocycles. The number of ether oxygens (including phenoxy) is 2. The van der Waals surface area contributed by atoms with Crippen LogP contribution >= 0.6 is 0 Å². The topological polar surface area (TPSA) is 75.6 Å². The van der Waals surface area contributed by atoms with Crippen LogP contribution < -0.4 is 19.1 Å². The van der Waals surface area contributed by atoms with Crippen LogP contribution in [0.15, 0.2) is 78.4 Å². The van der Waals surface area contributed by atoms with Gasteiger partial charge in [-0.25, -0.2) is 9.55 Å². The quantitative estimate of drug-likeness (QED) is 0.288. The highest BCUT2D eigenvalue weighted by atomic mass is 16.5. The highest BCUT2D eigenvalue weighted by Gasteiger charge is 2.09. The van der Waals surface area contributed by atoms with E-state index in [0.29, 0.717) is 17.1 Å². The van der Waals surface area contributed by atoms with Gasteiger partial charge in [0.2, 0.25) is 0 Å². The molecule has 0 N–H and O–H groups in total. The molecule has 0 saturated carbocycles. The van der Waals surface area contributed by atoms with E-state index in [1.165, 1.54) is 4.68 Å². The van der Waals surface area contributed by atoms with E-state index in [9.17, 15) is 5.11 Å². The van der Waals surface area contributed by atoms with Crippen molar-refractivity contribution in [3.63, 3.8) is 0 Å². The van der Waals surface area contributed by atoms with Gasteiger partial charge in [-0.15, -0.1) is 4.68 Å². The molecule has 4 rings (SSSR count). The van der Waals surface area contributed by atoms with Crippen LogP contribution in [0, 0.1) is 0 Å². The van der Waals surface area contributed by atoms with E-state index < -0.39 is 0 Å². The highest BCUT2D eigenvalue weighted by Crippen LogP contribution is 2.29. The molecule has 0 amide bonds. The maximum atomic E-state index is 12.5.